The highest BCUT2D eigenvalue weighted by Gasteiger charge is 2.17. The molecule has 1 aromatic carbocycles. The van der Waals surface area contributed by atoms with Crippen LogP contribution >= 0.6 is 0 Å². The first-order valence-electron chi connectivity index (χ1n) is 7.38. The number of benzene rings is 1. The number of quaternary nitrogens is 1. The van der Waals surface area contributed by atoms with Crippen molar-refractivity contribution in [2.24, 2.45) is 0 Å². The van der Waals surface area contributed by atoms with E-state index in [-0.39, 0.29) is 18.4 Å². The Bertz CT molecular complexity index is 548. The third-order valence-electron chi connectivity index (χ3n) is 3.49. The standard InChI is InChI=1S/C16H25N3O4/c1-17-15(20)10-19(3)16(21)11-18(2)9-12-6-7-13(22-4)14(8-12)23-5/h6-8H,9-11H2,1-5H3,(H,17,20)/p+1. The average Bonchev–Trinajstić information content (AvgIpc) is 2.54. The second-order valence-electron chi connectivity index (χ2n) is 5.42. The molecule has 2 amide bonds. The number of rotatable bonds is 8. The van der Waals surface area contributed by atoms with Gasteiger partial charge >= 0.3 is 0 Å². The molecule has 0 saturated heterocycles. The van der Waals surface area contributed by atoms with Crippen LogP contribution in [-0.2, 0) is 16.1 Å². The van der Waals surface area contributed by atoms with E-state index < -0.39 is 0 Å². The maximum atomic E-state index is 12.1. The number of nitrogens with zero attached hydrogens (tertiary/aromatic N) is 1. The van der Waals surface area contributed by atoms with Gasteiger partial charge in [-0.1, -0.05) is 0 Å². The van der Waals surface area contributed by atoms with Crippen LogP contribution in [-0.4, -0.2) is 65.2 Å². The number of ether oxygens (including phenoxy) is 2. The van der Waals surface area contributed by atoms with Gasteiger partial charge in [-0.05, 0) is 18.2 Å². The Kier molecular flexibility index (Phi) is 7.34. The Balaban J connectivity index is 2.60. The van der Waals surface area contributed by atoms with Gasteiger partial charge in [-0.25, -0.2) is 0 Å². The quantitative estimate of drug-likeness (QED) is 0.638. The highest BCUT2D eigenvalue weighted by Crippen LogP contribution is 2.27. The third kappa shape index (κ3) is 5.78. The van der Waals surface area contributed by atoms with Crippen LogP contribution in [0.4, 0.5) is 0 Å². The van der Waals surface area contributed by atoms with Crippen LogP contribution in [0.3, 0.4) is 0 Å². The predicted octanol–water partition coefficient (Wildman–Crippen LogP) is -1.08. The van der Waals surface area contributed by atoms with Crippen molar-refractivity contribution in [3.05, 3.63) is 23.8 Å². The zero-order chi connectivity index (χ0) is 17.4. The normalized spacial score (nSPS) is 11.5. The van der Waals surface area contributed by atoms with E-state index in [2.05, 4.69) is 5.32 Å². The van der Waals surface area contributed by atoms with Crippen LogP contribution in [0.15, 0.2) is 18.2 Å². The largest absolute Gasteiger partial charge is 0.493 e. The van der Waals surface area contributed by atoms with E-state index in [4.69, 9.17) is 9.47 Å². The summed E-state index contributed by atoms with van der Waals surface area (Å²) in [5.74, 6) is 1.08. The van der Waals surface area contributed by atoms with Crippen molar-refractivity contribution < 1.29 is 24.0 Å². The van der Waals surface area contributed by atoms with Crippen molar-refractivity contribution in [2.75, 3.05) is 48.5 Å². The van der Waals surface area contributed by atoms with Crippen molar-refractivity contribution in [3.8, 4) is 11.5 Å². The van der Waals surface area contributed by atoms with Crippen molar-refractivity contribution in [1.29, 1.82) is 0 Å². The van der Waals surface area contributed by atoms with E-state index in [0.717, 1.165) is 10.5 Å². The predicted molar refractivity (Wildman–Crippen MR) is 86.7 cm³/mol. The summed E-state index contributed by atoms with van der Waals surface area (Å²) in [6, 6.07) is 5.70. The minimum atomic E-state index is -0.182. The smallest absolute Gasteiger partial charge is 0.277 e. The number of hydrogen-bond acceptors (Lipinski definition) is 4. The van der Waals surface area contributed by atoms with Gasteiger partial charge in [0.2, 0.25) is 5.91 Å². The number of nitrogens with one attached hydrogen (secondary N) is 2. The van der Waals surface area contributed by atoms with Gasteiger partial charge in [-0.15, -0.1) is 0 Å². The lowest BCUT2D eigenvalue weighted by Gasteiger charge is -2.19. The van der Waals surface area contributed by atoms with E-state index in [1.165, 1.54) is 4.90 Å². The van der Waals surface area contributed by atoms with Crippen molar-refractivity contribution in [1.82, 2.24) is 10.2 Å². The van der Waals surface area contributed by atoms with Gasteiger partial charge in [-0.2, -0.15) is 0 Å². The van der Waals surface area contributed by atoms with Crippen LogP contribution < -0.4 is 19.7 Å². The van der Waals surface area contributed by atoms with Gasteiger partial charge in [0.25, 0.3) is 5.91 Å². The summed E-state index contributed by atoms with van der Waals surface area (Å²) in [6.45, 7) is 1.04. The fourth-order valence-electron chi connectivity index (χ4n) is 2.18. The molecule has 2 N–H and O–H groups in total. The van der Waals surface area contributed by atoms with Gasteiger partial charge in [0.05, 0.1) is 27.8 Å². The number of hydrogen-bond donors (Lipinski definition) is 2. The Labute approximate surface area is 137 Å². The van der Waals surface area contributed by atoms with E-state index in [1.54, 1.807) is 28.3 Å². The third-order valence-corrected chi connectivity index (χ3v) is 3.49. The van der Waals surface area contributed by atoms with Crippen LogP contribution in [0, 0.1) is 0 Å². The zero-order valence-corrected chi connectivity index (χ0v) is 14.4. The molecule has 1 rings (SSSR count). The Hall–Kier alpha value is -2.28. The summed E-state index contributed by atoms with van der Waals surface area (Å²) in [6.07, 6.45) is 0. The summed E-state index contributed by atoms with van der Waals surface area (Å²) in [4.78, 5) is 25.8. The van der Waals surface area contributed by atoms with Gasteiger partial charge in [0, 0.05) is 19.7 Å². The van der Waals surface area contributed by atoms with Gasteiger partial charge in [-0.3, -0.25) is 9.59 Å². The fraction of sp³-hybridized carbons (Fsp3) is 0.500. The minimum absolute atomic E-state index is 0.0684. The van der Waals surface area contributed by atoms with Crippen LogP contribution in [0.25, 0.3) is 0 Å². The summed E-state index contributed by atoms with van der Waals surface area (Å²) in [5, 5.41) is 2.50. The Morgan fingerprint density at radius 3 is 2.43 bits per heavy atom. The molecule has 0 bridgehead atoms. The first kappa shape index (κ1) is 18.8. The molecule has 1 aromatic rings. The molecule has 0 aliphatic carbocycles. The molecule has 0 aromatic heterocycles. The van der Waals surface area contributed by atoms with Gasteiger partial charge < -0.3 is 24.6 Å². The minimum Gasteiger partial charge on any atom is -0.493 e. The number of amides is 2. The molecule has 0 aliphatic heterocycles. The highest BCUT2D eigenvalue weighted by atomic mass is 16.5. The van der Waals surface area contributed by atoms with E-state index >= 15 is 0 Å². The lowest BCUT2D eigenvalue weighted by molar-refractivity contribution is -0.885. The molecule has 0 radical (unpaired) electrons. The molecule has 0 fully saturated rings. The molecule has 128 valence electrons. The van der Waals surface area contributed by atoms with Crippen molar-refractivity contribution >= 4 is 11.8 Å². The second-order valence-corrected chi connectivity index (χ2v) is 5.42. The maximum Gasteiger partial charge on any atom is 0.277 e. The number of methoxy groups -OCH3 is 2. The van der Waals surface area contributed by atoms with E-state index in [9.17, 15) is 9.59 Å². The number of carbonyl (C=O) groups excluding carboxylic acids is 2. The summed E-state index contributed by atoms with van der Waals surface area (Å²) < 4.78 is 10.5. The van der Waals surface area contributed by atoms with E-state index in [0.29, 0.717) is 24.6 Å². The van der Waals surface area contributed by atoms with Crippen molar-refractivity contribution in [3.63, 3.8) is 0 Å². The molecule has 7 heteroatoms. The summed E-state index contributed by atoms with van der Waals surface area (Å²) in [7, 11) is 8.30. The maximum absolute atomic E-state index is 12.1. The molecule has 0 spiro atoms. The summed E-state index contributed by atoms with van der Waals surface area (Å²) >= 11 is 0. The van der Waals surface area contributed by atoms with Gasteiger partial charge in [0.15, 0.2) is 18.0 Å². The second kappa shape index (κ2) is 8.99. The molecule has 1 atom stereocenters. The van der Waals surface area contributed by atoms with Crippen molar-refractivity contribution in [2.45, 2.75) is 6.54 Å². The fourth-order valence-corrected chi connectivity index (χ4v) is 2.18. The molecular weight excluding hydrogens is 298 g/mol. The lowest BCUT2D eigenvalue weighted by Crippen LogP contribution is -3.08. The Morgan fingerprint density at radius 1 is 1.22 bits per heavy atom. The lowest BCUT2D eigenvalue weighted by atomic mass is 10.2. The van der Waals surface area contributed by atoms with Crippen LogP contribution in [0.1, 0.15) is 5.56 Å². The first-order valence-corrected chi connectivity index (χ1v) is 7.38. The first-order chi connectivity index (χ1) is 10.9. The Morgan fingerprint density at radius 2 is 1.87 bits per heavy atom. The highest BCUT2D eigenvalue weighted by molar-refractivity contribution is 5.84. The monoisotopic (exact) mass is 324 g/mol. The van der Waals surface area contributed by atoms with Crippen LogP contribution in [0.2, 0.25) is 0 Å². The topological polar surface area (TPSA) is 72.3 Å². The zero-order valence-electron chi connectivity index (χ0n) is 14.4. The SMILES string of the molecule is CNC(=O)CN(C)C(=O)C[NH+](C)Cc1ccc(OC)c(OC)c1. The molecule has 1 unspecified atom stereocenters. The molecule has 0 saturated carbocycles. The molecule has 7 nitrogen and oxygen atoms in total. The van der Waals surface area contributed by atoms with E-state index in [1.807, 2.05) is 25.2 Å². The summed E-state index contributed by atoms with van der Waals surface area (Å²) in [5.41, 5.74) is 1.04. The average molecular weight is 324 g/mol. The number of carbonyl (C=O) groups is 2. The van der Waals surface area contributed by atoms with Crippen LogP contribution in [0.5, 0.6) is 11.5 Å². The molecular formula is C16H26N3O4+. The molecule has 23 heavy (non-hydrogen) atoms. The molecule has 0 heterocycles. The molecule has 0 aliphatic rings. The van der Waals surface area contributed by atoms with Gasteiger partial charge in [0.1, 0.15) is 6.54 Å². The number of likely N-dealkylation sites (N-methyl/N-ethyl adjacent to an activating group) is 3.